The molecule has 6 heteroatoms. The third-order valence-corrected chi connectivity index (χ3v) is 4.90. The Balaban J connectivity index is 1.51. The Morgan fingerprint density at radius 3 is 2.74 bits per heavy atom. The van der Waals surface area contributed by atoms with E-state index < -0.39 is 0 Å². The molecule has 0 radical (unpaired) electrons. The van der Waals surface area contributed by atoms with Crippen LogP contribution >= 0.6 is 11.3 Å². The lowest BCUT2D eigenvalue weighted by molar-refractivity contribution is -0.131. The molecule has 118 valence electrons. The van der Waals surface area contributed by atoms with Gasteiger partial charge in [0.05, 0.1) is 11.6 Å². The third-order valence-electron chi connectivity index (χ3n) is 4.07. The monoisotopic (exact) mass is 326 g/mol. The highest BCUT2D eigenvalue weighted by Crippen LogP contribution is 2.19. The third kappa shape index (κ3) is 3.69. The van der Waals surface area contributed by atoms with Gasteiger partial charge in [0.15, 0.2) is 5.13 Å². The van der Waals surface area contributed by atoms with E-state index in [0.29, 0.717) is 18.4 Å². The molecule has 0 spiro atoms. The predicted octanol–water partition coefficient (Wildman–Crippen LogP) is 2.30. The topological polar surface area (TPSA) is 60.2 Å². The van der Waals surface area contributed by atoms with Crippen molar-refractivity contribution in [2.75, 3.05) is 31.1 Å². The van der Waals surface area contributed by atoms with E-state index in [9.17, 15) is 4.79 Å². The Kier molecular flexibility index (Phi) is 4.89. The maximum Gasteiger partial charge on any atom is 0.223 e. The number of piperazine rings is 1. The highest BCUT2D eigenvalue weighted by Gasteiger charge is 2.22. The molecule has 0 bridgehead atoms. The number of carbonyl (C=O) groups excluding carboxylic acids is 1. The summed E-state index contributed by atoms with van der Waals surface area (Å²) in [6.07, 6.45) is 2.88. The molecular formula is C17H18N4OS. The van der Waals surface area contributed by atoms with Gasteiger partial charge in [-0.05, 0) is 18.1 Å². The first-order chi connectivity index (χ1) is 11.3. The fourth-order valence-electron chi connectivity index (χ4n) is 2.77. The van der Waals surface area contributed by atoms with Gasteiger partial charge in [0, 0.05) is 44.2 Å². The second kappa shape index (κ2) is 7.25. The Morgan fingerprint density at radius 1 is 1.26 bits per heavy atom. The zero-order chi connectivity index (χ0) is 16.1. The molecular weight excluding hydrogens is 308 g/mol. The van der Waals surface area contributed by atoms with Crippen molar-refractivity contribution in [3.8, 4) is 6.07 Å². The van der Waals surface area contributed by atoms with Gasteiger partial charge in [-0.25, -0.2) is 4.98 Å². The SMILES string of the molecule is N#Cc1ccccc1CCC(=O)N1CCN(c2nccs2)CC1. The van der Waals surface area contributed by atoms with Crippen LogP contribution in [0, 0.1) is 11.3 Å². The minimum atomic E-state index is 0.163. The number of nitrogens with zero attached hydrogens (tertiary/aromatic N) is 4. The Bertz CT molecular complexity index is 700. The van der Waals surface area contributed by atoms with E-state index in [1.54, 1.807) is 17.4 Å². The van der Waals surface area contributed by atoms with Gasteiger partial charge in [-0.15, -0.1) is 11.3 Å². The van der Waals surface area contributed by atoms with E-state index in [-0.39, 0.29) is 5.91 Å². The van der Waals surface area contributed by atoms with E-state index in [2.05, 4.69) is 16.0 Å². The van der Waals surface area contributed by atoms with Crippen LogP contribution in [0.25, 0.3) is 0 Å². The van der Waals surface area contributed by atoms with Gasteiger partial charge in [0.1, 0.15) is 0 Å². The summed E-state index contributed by atoms with van der Waals surface area (Å²) in [6.45, 7) is 3.12. The number of thiazole rings is 1. The first-order valence-electron chi connectivity index (χ1n) is 7.68. The van der Waals surface area contributed by atoms with Gasteiger partial charge in [0.25, 0.3) is 0 Å². The summed E-state index contributed by atoms with van der Waals surface area (Å²) in [7, 11) is 0. The second-order valence-electron chi connectivity index (χ2n) is 5.45. The smallest absolute Gasteiger partial charge is 0.223 e. The van der Waals surface area contributed by atoms with Crippen LogP contribution in [0.5, 0.6) is 0 Å². The number of hydrogen-bond acceptors (Lipinski definition) is 5. The molecule has 5 nitrogen and oxygen atoms in total. The highest BCUT2D eigenvalue weighted by atomic mass is 32.1. The summed E-state index contributed by atoms with van der Waals surface area (Å²) in [4.78, 5) is 20.8. The summed E-state index contributed by atoms with van der Waals surface area (Å²) in [5.74, 6) is 0.163. The van der Waals surface area contributed by atoms with E-state index >= 15 is 0 Å². The predicted molar refractivity (Wildman–Crippen MR) is 90.4 cm³/mol. The standard InChI is InChI=1S/C17H18N4OS/c18-13-15-4-2-1-3-14(15)5-6-16(22)20-8-10-21(11-9-20)17-19-7-12-23-17/h1-4,7,12H,5-6,8-11H2. The molecule has 3 rings (SSSR count). The molecule has 1 amide bonds. The number of amides is 1. The van der Waals surface area contributed by atoms with Crippen molar-refractivity contribution in [2.24, 2.45) is 0 Å². The molecule has 1 aromatic carbocycles. The van der Waals surface area contributed by atoms with E-state index in [4.69, 9.17) is 5.26 Å². The number of nitriles is 1. The van der Waals surface area contributed by atoms with Gasteiger partial charge in [0.2, 0.25) is 5.91 Å². The molecule has 2 heterocycles. The van der Waals surface area contributed by atoms with Crippen molar-refractivity contribution in [2.45, 2.75) is 12.8 Å². The summed E-state index contributed by atoms with van der Waals surface area (Å²) < 4.78 is 0. The zero-order valence-corrected chi connectivity index (χ0v) is 13.6. The van der Waals surface area contributed by atoms with Crippen LogP contribution in [0.3, 0.4) is 0 Å². The minimum absolute atomic E-state index is 0.163. The number of rotatable bonds is 4. The van der Waals surface area contributed by atoms with Gasteiger partial charge in [-0.1, -0.05) is 18.2 Å². The van der Waals surface area contributed by atoms with Crippen LogP contribution < -0.4 is 4.90 Å². The molecule has 0 unspecified atom stereocenters. The van der Waals surface area contributed by atoms with E-state index in [0.717, 1.165) is 36.9 Å². The van der Waals surface area contributed by atoms with Crippen LogP contribution in [0.4, 0.5) is 5.13 Å². The van der Waals surface area contributed by atoms with Gasteiger partial charge in [-0.3, -0.25) is 4.79 Å². The number of carbonyl (C=O) groups is 1. The fraction of sp³-hybridized carbons (Fsp3) is 0.353. The molecule has 2 aromatic rings. The average Bonchev–Trinajstić information content (AvgIpc) is 3.14. The molecule has 1 aliphatic heterocycles. The van der Waals surface area contributed by atoms with Crippen molar-refractivity contribution in [1.82, 2.24) is 9.88 Å². The lowest BCUT2D eigenvalue weighted by Crippen LogP contribution is -2.48. The highest BCUT2D eigenvalue weighted by molar-refractivity contribution is 7.13. The molecule has 1 aliphatic rings. The first kappa shape index (κ1) is 15.5. The van der Waals surface area contributed by atoms with Crippen LogP contribution in [0.1, 0.15) is 17.5 Å². The van der Waals surface area contributed by atoms with Gasteiger partial charge >= 0.3 is 0 Å². The van der Waals surface area contributed by atoms with E-state index in [1.807, 2.05) is 34.7 Å². The van der Waals surface area contributed by atoms with Crippen molar-refractivity contribution in [3.63, 3.8) is 0 Å². The number of aryl methyl sites for hydroxylation is 1. The summed E-state index contributed by atoms with van der Waals surface area (Å²) in [5.41, 5.74) is 1.61. The number of aromatic nitrogens is 1. The quantitative estimate of drug-likeness (QED) is 0.865. The molecule has 1 aromatic heterocycles. The maximum absolute atomic E-state index is 12.4. The molecule has 1 fully saturated rings. The van der Waals surface area contributed by atoms with Gasteiger partial charge in [-0.2, -0.15) is 5.26 Å². The van der Waals surface area contributed by atoms with Crippen LogP contribution in [-0.4, -0.2) is 42.0 Å². The van der Waals surface area contributed by atoms with Crippen molar-refractivity contribution in [1.29, 1.82) is 5.26 Å². The Hall–Kier alpha value is -2.39. The van der Waals surface area contributed by atoms with E-state index in [1.165, 1.54) is 0 Å². The summed E-state index contributed by atoms with van der Waals surface area (Å²) in [5, 5.41) is 12.1. The molecule has 0 saturated carbocycles. The lowest BCUT2D eigenvalue weighted by Gasteiger charge is -2.34. The van der Waals surface area contributed by atoms with Crippen molar-refractivity contribution in [3.05, 3.63) is 47.0 Å². The van der Waals surface area contributed by atoms with Crippen LogP contribution in [0.2, 0.25) is 0 Å². The zero-order valence-electron chi connectivity index (χ0n) is 12.8. The maximum atomic E-state index is 12.4. The summed E-state index contributed by atoms with van der Waals surface area (Å²) >= 11 is 1.63. The molecule has 0 aliphatic carbocycles. The average molecular weight is 326 g/mol. The van der Waals surface area contributed by atoms with Crippen LogP contribution in [-0.2, 0) is 11.2 Å². The molecule has 0 N–H and O–H groups in total. The fourth-order valence-corrected chi connectivity index (χ4v) is 3.46. The van der Waals surface area contributed by atoms with Gasteiger partial charge < -0.3 is 9.80 Å². The number of anilines is 1. The number of hydrogen-bond donors (Lipinski definition) is 0. The Morgan fingerprint density at radius 2 is 2.04 bits per heavy atom. The minimum Gasteiger partial charge on any atom is -0.345 e. The molecule has 1 saturated heterocycles. The second-order valence-corrected chi connectivity index (χ2v) is 6.32. The summed E-state index contributed by atoms with van der Waals surface area (Å²) in [6, 6.07) is 9.66. The van der Waals surface area contributed by atoms with Crippen LogP contribution in [0.15, 0.2) is 35.8 Å². The van der Waals surface area contributed by atoms with Crippen molar-refractivity contribution < 1.29 is 4.79 Å². The normalized spacial score (nSPS) is 14.6. The first-order valence-corrected chi connectivity index (χ1v) is 8.56. The molecule has 23 heavy (non-hydrogen) atoms. The molecule has 0 atom stereocenters. The van der Waals surface area contributed by atoms with Crippen molar-refractivity contribution >= 4 is 22.4 Å². The number of benzene rings is 1. The Labute approximate surface area is 139 Å². The lowest BCUT2D eigenvalue weighted by atomic mass is 10.0. The largest absolute Gasteiger partial charge is 0.345 e.